The first-order valence-electron chi connectivity index (χ1n) is 9.88. The van der Waals surface area contributed by atoms with Gasteiger partial charge in [0.15, 0.2) is 16.4 Å². The summed E-state index contributed by atoms with van der Waals surface area (Å²) in [5.74, 6) is -2.24. The molecule has 0 aliphatic rings. The molecule has 0 heterocycles. The van der Waals surface area contributed by atoms with Crippen LogP contribution in [0.4, 0.5) is 10.5 Å². The summed E-state index contributed by atoms with van der Waals surface area (Å²) in [6, 6.07) is 4.64. The average Bonchev–Trinajstić information content (AvgIpc) is 2.69. The number of ether oxygens (including phenoxy) is 2. The fourth-order valence-electron chi connectivity index (χ4n) is 2.11. The number of benzene rings is 1. The van der Waals surface area contributed by atoms with Crippen LogP contribution in [0, 0.1) is 15.5 Å². The van der Waals surface area contributed by atoms with Crippen LogP contribution in [0.15, 0.2) is 24.3 Å². The smallest absolute Gasteiger partial charge is 0.430 e. The number of nitrogens with one attached hydrogen (secondary N) is 2. The molecule has 190 valence electrons. The predicted octanol–water partition coefficient (Wildman–Crippen LogP) is 1.06. The first kappa shape index (κ1) is 28.7. The summed E-state index contributed by atoms with van der Waals surface area (Å²) in [6.07, 6.45) is -2.24. The van der Waals surface area contributed by atoms with E-state index in [9.17, 15) is 32.9 Å². The number of nitro benzene ring substituents is 1. The molecule has 0 aliphatic carbocycles. The van der Waals surface area contributed by atoms with E-state index in [1.807, 2.05) is 5.64 Å². The fourth-order valence-corrected chi connectivity index (χ4v) is 3.47. The van der Waals surface area contributed by atoms with Crippen molar-refractivity contribution in [1.29, 1.82) is 0 Å². The SMILES string of the molecule is CC(CS(=O)(=O)CCNC(=O)CONOC(=O)C(C)(C)C)OC(=O)Oc1ccc([N+](=O)[O-])cc1. The summed E-state index contributed by atoms with van der Waals surface area (Å²) in [4.78, 5) is 54.1. The molecule has 1 aromatic rings. The molecule has 14 nitrogen and oxygen atoms in total. The number of non-ortho nitro benzene ring substituents is 1. The Bertz CT molecular complexity index is 972. The van der Waals surface area contributed by atoms with Gasteiger partial charge in [-0.25, -0.2) is 18.0 Å². The molecule has 0 aliphatic heterocycles. The van der Waals surface area contributed by atoms with Gasteiger partial charge in [-0.15, -0.1) is 0 Å². The summed E-state index contributed by atoms with van der Waals surface area (Å²) in [6.45, 7) is 5.44. The molecule has 0 spiro atoms. The van der Waals surface area contributed by atoms with E-state index in [0.29, 0.717) is 0 Å². The molecule has 1 rings (SSSR count). The third kappa shape index (κ3) is 11.5. The van der Waals surface area contributed by atoms with Crippen LogP contribution in [0.2, 0.25) is 0 Å². The van der Waals surface area contributed by atoms with E-state index in [-0.39, 0.29) is 18.0 Å². The third-order valence-electron chi connectivity index (χ3n) is 3.78. The van der Waals surface area contributed by atoms with Gasteiger partial charge in [-0.3, -0.25) is 19.7 Å². The molecule has 0 radical (unpaired) electrons. The summed E-state index contributed by atoms with van der Waals surface area (Å²) in [5.41, 5.74) is 0.916. The van der Waals surface area contributed by atoms with Crippen molar-refractivity contribution in [1.82, 2.24) is 11.0 Å². The molecular formula is C19H27N3O11S. The van der Waals surface area contributed by atoms with Crippen LogP contribution in [-0.2, 0) is 33.8 Å². The van der Waals surface area contributed by atoms with E-state index in [1.54, 1.807) is 20.8 Å². The van der Waals surface area contributed by atoms with Crippen molar-refractivity contribution in [2.24, 2.45) is 5.41 Å². The highest BCUT2D eigenvalue weighted by Crippen LogP contribution is 2.18. The number of sulfone groups is 1. The van der Waals surface area contributed by atoms with Crippen LogP contribution in [0.5, 0.6) is 5.75 Å². The number of nitro groups is 1. The number of amides is 1. The minimum atomic E-state index is -3.71. The lowest BCUT2D eigenvalue weighted by atomic mass is 9.98. The molecule has 1 amide bonds. The Balaban J connectivity index is 2.30. The van der Waals surface area contributed by atoms with Crippen molar-refractivity contribution in [2.75, 3.05) is 24.7 Å². The second-order valence-corrected chi connectivity index (χ2v) is 10.2. The number of hydrogen-bond acceptors (Lipinski definition) is 12. The van der Waals surface area contributed by atoms with Crippen molar-refractivity contribution < 1.29 is 46.9 Å². The van der Waals surface area contributed by atoms with Gasteiger partial charge in [-0.1, -0.05) is 0 Å². The minimum Gasteiger partial charge on any atom is -0.430 e. The zero-order valence-corrected chi connectivity index (χ0v) is 19.9. The highest BCUT2D eigenvalue weighted by molar-refractivity contribution is 7.91. The highest BCUT2D eigenvalue weighted by Gasteiger charge is 2.24. The Morgan fingerprint density at radius 2 is 1.76 bits per heavy atom. The number of rotatable bonds is 12. The number of hydrogen-bond donors (Lipinski definition) is 2. The van der Waals surface area contributed by atoms with Crippen molar-refractivity contribution in [2.45, 2.75) is 33.8 Å². The third-order valence-corrected chi connectivity index (χ3v) is 5.58. The number of nitrogens with zero attached hydrogens (tertiary/aromatic N) is 1. The molecule has 1 aromatic carbocycles. The molecule has 0 saturated carbocycles. The van der Waals surface area contributed by atoms with Gasteiger partial charge in [0.05, 0.1) is 21.8 Å². The van der Waals surface area contributed by atoms with Crippen LogP contribution in [-0.4, -0.2) is 62.1 Å². The standard InChI is InChI=1S/C19H27N3O11S/c1-13(31-18(25)32-15-7-5-14(6-8-15)22(26)27)12-34(28,29)10-9-20-16(23)11-30-21-33-17(24)19(2,3)4/h5-8,13,21H,9-12H2,1-4H3,(H,20,23). The average molecular weight is 506 g/mol. The number of carbonyl (C=O) groups is 3. The van der Waals surface area contributed by atoms with E-state index in [0.717, 1.165) is 12.1 Å². The van der Waals surface area contributed by atoms with Crippen LogP contribution < -0.4 is 15.7 Å². The van der Waals surface area contributed by atoms with Crippen molar-refractivity contribution >= 4 is 33.6 Å². The lowest BCUT2D eigenvalue weighted by molar-refractivity contribution is -0.384. The van der Waals surface area contributed by atoms with Gasteiger partial charge in [0.1, 0.15) is 11.9 Å². The molecule has 0 fully saturated rings. The van der Waals surface area contributed by atoms with Gasteiger partial charge in [0.2, 0.25) is 5.91 Å². The number of carbonyl (C=O) groups excluding carboxylic acids is 3. The molecule has 15 heteroatoms. The van der Waals surface area contributed by atoms with Crippen molar-refractivity contribution in [3.63, 3.8) is 0 Å². The van der Waals surface area contributed by atoms with E-state index in [1.165, 1.54) is 19.1 Å². The molecule has 0 aromatic heterocycles. The topological polar surface area (TPSA) is 189 Å². The zero-order chi connectivity index (χ0) is 25.9. The van der Waals surface area contributed by atoms with E-state index >= 15 is 0 Å². The second kappa shape index (κ2) is 12.8. The van der Waals surface area contributed by atoms with Gasteiger partial charge in [0.25, 0.3) is 5.69 Å². The van der Waals surface area contributed by atoms with Gasteiger partial charge in [0, 0.05) is 18.7 Å². The quantitative estimate of drug-likeness (QED) is 0.135. The van der Waals surface area contributed by atoms with E-state index in [2.05, 4.69) is 15.0 Å². The maximum absolute atomic E-state index is 12.1. The fraction of sp³-hybridized carbons (Fsp3) is 0.526. The van der Waals surface area contributed by atoms with Crippen LogP contribution in [0.25, 0.3) is 0 Å². The van der Waals surface area contributed by atoms with Crippen molar-refractivity contribution in [3.8, 4) is 5.75 Å². The Kier molecular flexibility index (Phi) is 10.8. The predicted molar refractivity (Wildman–Crippen MR) is 116 cm³/mol. The maximum Gasteiger partial charge on any atom is 0.514 e. The van der Waals surface area contributed by atoms with Gasteiger partial charge in [-0.2, -0.15) is 0 Å². The summed E-state index contributed by atoms with van der Waals surface area (Å²) in [5, 5.41) is 12.9. The van der Waals surface area contributed by atoms with Crippen LogP contribution in [0.3, 0.4) is 0 Å². The van der Waals surface area contributed by atoms with Crippen molar-refractivity contribution in [3.05, 3.63) is 34.4 Å². The molecule has 0 saturated heterocycles. The van der Waals surface area contributed by atoms with Gasteiger partial charge >= 0.3 is 12.1 Å². The Morgan fingerprint density at radius 1 is 1.15 bits per heavy atom. The summed E-state index contributed by atoms with van der Waals surface area (Å²) in [7, 11) is -3.71. The first-order valence-corrected chi connectivity index (χ1v) is 11.7. The Labute approximate surface area is 195 Å². The normalized spacial score (nSPS) is 12.4. The lowest BCUT2D eigenvalue weighted by Gasteiger charge is -2.15. The second-order valence-electron chi connectivity index (χ2n) is 8.01. The Hall–Kier alpha value is -3.30. The zero-order valence-electron chi connectivity index (χ0n) is 19.1. The first-order chi connectivity index (χ1) is 15.7. The van der Waals surface area contributed by atoms with Crippen LogP contribution >= 0.6 is 0 Å². The van der Waals surface area contributed by atoms with E-state index < -0.39 is 62.4 Å². The molecule has 0 bridgehead atoms. The molecular weight excluding hydrogens is 478 g/mol. The maximum atomic E-state index is 12.1. The molecule has 1 unspecified atom stereocenters. The highest BCUT2D eigenvalue weighted by atomic mass is 32.2. The lowest BCUT2D eigenvalue weighted by Crippen LogP contribution is -2.36. The summed E-state index contributed by atoms with van der Waals surface area (Å²) >= 11 is 0. The van der Waals surface area contributed by atoms with E-state index in [4.69, 9.17) is 9.47 Å². The van der Waals surface area contributed by atoms with Gasteiger partial charge < -0.3 is 19.6 Å². The summed E-state index contributed by atoms with van der Waals surface area (Å²) < 4.78 is 34.0. The largest absolute Gasteiger partial charge is 0.514 e. The minimum absolute atomic E-state index is 0.0155. The molecule has 34 heavy (non-hydrogen) atoms. The molecule has 1 atom stereocenters. The monoisotopic (exact) mass is 505 g/mol. The van der Waals surface area contributed by atoms with Gasteiger partial charge in [-0.05, 0) is 45.5 Å². The molecule has 2 N–H and O–H groups in total. The Morgan fingerprint density at radius 3 is 2.32 bits per heavy atom. The van der Waals surface area contributed by atoms with Crippen LogP contribution in [0.1, 0.15) is 27.7 Å².